The molecule has 0 aromatic heterocycles. The van der Waals surface area contributed by atoms with E-state index in [1.54, 1.807) is 0 Å². The number of ether oxygens (including phenoxy) is 1. The first-order valence-corrected chi connectivity index (χ1v) is 5.39. The molecule has 2 aliphatic heterocycles. The molecule has 0 radical (unpaired) electrons. The molecule has 0 amide bonds. The standard InChI is InChI=1S/C10H20N2O/c1-12-6-3-9(4-7-12)13-10-2-5-11-8-10/h9-11H,2-8H2,1H3/t10-/m1/s1. The van der Waals surface area contributed by atoms with Crippen LogP contribution < -0.4 is 5.32 Å². The Hall–Kier alpha value is -0.120. The second kappa shape index (κ2) is 4.40. The van der Waals surface area contributed by atoms with Crippen molar-refractivity contribution in [3.05, 3.63) is 0 Å². The molecular weight excluding hydrogens is 164 g/mol. The second-order valence-corrected chi connectivity index (χ2v) is 4.25. The van der Waals surface area contributed by atoms with Crippen LogP contribution in [0.4, 0.5) is 0 Å². The number of rotatable bonds is 2. The van der Waals surface area contributed by atoms with Crippen LogP contribution in [-0.4, -0.2) is 50.3 Å². The molecular formula is C10H20N2O. The number of hydrogen-bond acceptors (Lipinski definition) is 3. The van der Waals surface area contributed by atoms with Crippen molar-refractivity contribution in [3.63, 3.8) is 0 Å². The van der Waals surface area contributed by atoms with Crippen molar-refractivity contribution in [2.45, 2.75) is 31.5 Å². The number of nitrogens with one attached hydrogen (secondary N) is 1. The molecule has 2 aliphatic rings. The fourth-order valence-electron chi connectivity index (χ4n) is 2.14. The van der Waals surface area contributed by atoms with Crippen molar-refractivity contribution in [2.75, 3.05) is 33.2 Å². The topological polar surface area (TPSA) is 24.5 Å². The Morgan fingerprint density at radius 2 is 1.92 bits per heavy atom. The smallest absolute Gasteiger partial charge is 0.0715 e. The molecule has 76 valence electrons. The van der Waals surface area contributed by atoms with E-state index >= 15 is 0 Å². The Balaban J connectivity index is 1.69. The summed E-state index contributed by atoms with van der Waals surface area (Å²) in [6, 6.07) is 0. The summed E-state index contributed by atoms with van der Waals surface area (Å²) in [7, 11) is 2.19. The van der Waals surface area contributed by atoms with E-state index in [2.05, 4.69) is 17.3 Å². The summed E-state index contributed by atoms with van der Waals surface area (Å²) < 4.78 is 6.01. The molecule has 3 nitrogen and oxygen atoms in total. The number of likely N-dealkylation sites (tertiary alicyclic amines) is 1. The Bertz CT molecular complexity index is 149. The Labute approximate surface area is 80.4 Å². The summed E-state index contributed by atoms with van der Waals surface area (Å²) >= 11 is 0. The van der Waals surface area contributed by atoms with E-state index in [4.69, 9.17) is 4.74 Å². The molecule has 0 bridgehead atoms. The third-order valence-electron chi connectivity index (χ3n) is 3.07. The van der Waals surface area contributed by atoms with Gasteiger partial charge in [0.1, 0.15) is 0 Å². The quantitative estimate of drug-likeness (QED) is 0.675. The lowest BCUT2D eigenvalue weighted by Gasteiger charge is -2.30. The van der Waals surface area contributed by atoms with Crippen molar-refractivity contribution in [1.29, 1.82) is 0 Å². The van der Waals surface area contributed by atoms with E-state index in [1.165, 1.54) is 32.4 Å². The van der Waals surface area contributed by atoms with Crippen molar-refractivity contribution < 1.29 is 4.74 Å². The van der Waals surface area contributed by atoms with E-state index in [1.807, 2.05) is 0 Å². The number of piperidine rings is 1. The van der Waals surface area contributed by atoms with Gasteiger partial charge in [-0.1, -0.05) is 0 Å². The maximum absolute atomic E-state index is 6.01. The Morgan fingerprint density at radius 1 is 1.15 bits per heavy atom. The highest BCUT2D eigenvalue weighted by molar-refractivity contribution is 4.76. The van der Waals surface area contributed by atoms with Crippen LogP contribution in [-0.2, 0) is 4.74 Å². The van der Waals surface area contributed by atoms with Crippen LogP contribution in [0.15, 0.2) is 0 Å². The fraction of sp³-hybridized carbons (Fsp3) is 1.00. The summed E-state index contributed by atoms with van der Waals surface area (Å²) in [5.41, 5.74) is 0. The van der Waals surface area contributed by atoms with Gasteiger partial charge in [0.15, 0.2) is 0 Å². The van der Waals surface area contributed by atoms with Gasteiger partial charge in [0.2, 0.25) is 0 Å². The van der Waals surface area contributed by atoms with E-state index in [0.717, 1.165) is 13.1 Å². The van der Waals surface area contributed by atoms with Crippen LogP contribution in [0.1, 0.15) is 19.3 Å². The van der Waals surface area contributed by atoms with Crippen LogP contribution >= 0.6 is 0 Å². The van der Waals surface area contributed by atoms with Gasteiger partial charge >= 0.3 is 0 Å². The second-order valence-electron chi connectivity index (χ2n) is 4.25. The summed E-state index contributed by atoms with van der Waals surface area (Å²) in [5, 5.41) is 3.34. The zero-order chi connectivity index (χ0) is 9.10. The summed E-state index contributed by atoms with van der Waals surface area (Å²) in [6.07, 6.45) is 4.65. The number of nitrogens with zero attached hydrogens (tertiary/aromatic N) is 1. The van der Waals surface area contributed by atoms with E-state index < -0.39 is 0 Å². The first-order chi connectivity index (χ1) is 6.34. The first kappa shape index (κ1) is 9.44. The van der Waals surface area contributed by atoms with Gasteiger partial charge < -0.3 is 15.0 Å². The molecule has 1 N–H and O–H groups in total. The highest BCUT2D eigenvalue weighted by Gasteiger charge is 2.22. The van der Waals surface area contributed by atoms with Gasteiger partial charge in [-0.25, -0.2) is 0 Å². The first-order valence-electron chi connectivity index (χ1n) is 5.39. The van der Waals surface area contributed by atoms with Crippen LogP contribution in [0.3, 0.4) is 0 Å². The van der Waals surface area contributed by atoms with E-state index in [9.17, 15) is 0 Å². The van der Waals surface area contributed by atoms with Gasteiger partial charge in [-0.2, -0.15) is 0 Å². The third kappa shape index (κ3) is 2.66. The normalized spacial score (nSPS) is 32.5. The fourth-order valence-corrected chi connectivity index (χ4v) is 2.14. The van der Waals surface area contributed by atoms with Crippen LogP contribution in [0, 0.1) is 0 Å². The molecule has 3 heteroatoms. The molecule has 2 rings (SSSR count). The zero-order valence-corrected chi connectivity index (χ0v) is 8.46. The minimum absolute atomic E-state index is 0.494. The van der Waals surface area contributed by atoms with Crippen molar-refractivity contribution >= 4 is 0 Å². The average molecular weight is 184 g/mol. The lowest BCUT2D eigenvalue weighted by molar-refractivity contribution is -0.0303. The average Bonchev–Trinajstić information content (AvgIpc) is 2.62. The van der Waals surface area contributed by atoms with E-state index in [-0.39, 0.29) is 0 Å². The molecule has 0 spiro atoms. The van der Waals surface area contributed by atoms with Gasteiger partial charge in [-0.15, -0.1) is 0 Å². The molecule has 0 saturated carbocycles. The molecule has 2 fully saturated rings. The summed E-state index contributed by atoms with van der Waals surface area (Å²) in [4.78, 5) is 2.38. The van der Waals surface area contributed by atoms with Gasteiger partial charge in [0.05, 0.1) is 12.2 Å². The predicted molar refractivity (Wildman–Crippen MR) is 52.9 cm³/mol. The van der Waals surface area contributed by atoms with Gasteiger partial charge in [0.25, 0.3) is 0 Å². The van der Waals surface area contributed by atoms with Crippen molar-refractivity contribution in [2.24, 2.45) is 0 Å². The van der Waals surface area contributed by atoms with Crippen molar-refractivity contribution in [1.82, 2.24) is 10.2 Å². The molecule has 0 aromatic rings. The molecule has 2 saturated heterocycles. The van der Waals surface area contributed by atoms with Crippen LogP contribution in [0.2, 0.25) is 0 Å². The van der Waals surface area contributed by atoms with Crippen LogP contribution in [0.5, 0.6) is 0 Å². The SMILES string of the molecule is CN1CCC(O[C@@H]2CCNC2)CC1. The largest absolute Gasteiger partial charge is 0.374 e. The maximum atomic E-state index is 6.01. The minimum Gasteiger partial charge on any atom is -0.374 e. The zero-order valence-electron chi connectivity index (χ0n) is 8.46. The summed E-state index contributed by atoms with van der Waals surface area (Å²) in [6.45, 7) is 4.60. The minimum atomic E-state index is 0.494. The van der Waals surface area contributed by atoms with E-state index in [0.29, 0.717) is 12.2 Å². The van der Waals surface area contributed by atoms with Gasteiger partial charge in [0, 0.05) is 19.6 Å². The lowest BCUT2D eigenvalue weighted by atomic mass is 10.1. The Morgan fingerprint density at radius 3 is 2.54 bits per heavy atom. The maximum Gasteiger partial charge on any atom is 0.0715 e. The molecule has 0 aromatic carbocycles. The van der Waals surface area contributed by atoms with Gasteiger partial charge in [-0.05, 0) is 32.9 Å². The summed E-state index contributed by atoms with van der Waals surface area (Å²) in [5.74, 6) is 0. The Kier molecular flexibility index (Phi) is 3.19. The van der Waals surface area contributed by atoms with Gasteiger partial charge in [-0.3, -0.25) is 0 Å². The molecule has 1 atom stereocenters. The molecule has 0 unspecified atom stereocenters. The molecule has 0 aliphatic carbocycles. The molecule has 2 heterocycles. The van der Waals surface area contributed by atoms with Crippen molar-refractivity contribution in [3.8, 4) is 0 Å². The number of hydrogen-bond donors (Lipinski definition) is 1. The highest BCUT2D eigenvalue weighted by Crippen LogP contribution is 2.16. The van der Waals surface area contributed by atoms with Crippen LogP contribution in [0.25, 0.3) is 0 Å². The predicted octanol–water partition coefficient (Wildman–Crippen LogP) is 0.459. The lowest BCUT2D eigenvalue weighted by Crippen LogP contribution is -2.36. The monoisotopic (exact) mass is 184 g/mol. The third-order valence-corrected chi connectivity index (χ3v) is 3.07. The molecule has 13 heavy (non-hydrogen) atoms. The highest BCUT2D eigenvalue weighted by atomic mass is 16.5.